The lowest BCUT2D eigenvalue weighted by Crippen LogP contribution is -2.22. The zero-order valence-electron chi connectivity index (χ0n) is 17.2. The molecular weight excluding hydrogens is 372 g/mol. The molecule has 0 saturated carbocycles. The fraction of sp³-hybridized carbons (Fsp3) is 0.154. The number of esters is 1. The Morgan fingerprint density at radius 2 is 1.53 bits per heavy atom. The van der Waals surface area contributed by atoms with Crippen LogP contribution in [0.3, 0.4) is 0 Å². The number of benzene rings is 3. The van der Waals surface area contributed by atoms with Crippen molar-refractivity contribution >= 4 is 22.7 Å². The van der Waals surface area contributed by atoms with Crippen LogP contribution in [0.4, 0.5) is 5.82 Å². The number of anilines is 1. The number of hydrogen-bond donors (Lipinski definition) is 0. The molecule has 0 bridgehead atoms. The van der Waals surface area contributed by atoms with Crippen LogP contribution in [-0.2, 0) is 11.3 Å². The Morgan fingerprint density at radius 3 is 2.23 bits per heavy atom. The number of hydrogen-bond acceptors (Lipinski definition) is 4. The lowest BCUT2D eigenvalue weighted by atomic mass is 9.95. The summed E-state index contributed by atoms with van der Waals surface area (Å²) in [4.78, 5) is 20.1. The van der Waals surface area contributed by atoms with Gasteiger partial charge in [-0.3, -0.25) is 0 Å². The Bertz CT molecular complexity index is 1160. The molecule has 4 heteroatoms. The summed E-state index contributed by atoms with van der Waals surface area (Å²) >= 11 is 0. The van der Waals surface area contributed by atoms with Crippen LogP contribution < -0.4 is 4.90 Å². The van der Waals surface area contributed by atoms with Crippen LogP contribution in [0.15, 0.2) is 84.9 Å². The largest absolute Gasteiger partial charge is 0.462 e. The third kappa shape index (κ3) is 3.90. The molecule has 0 saturated heterocycles. The van der Waals surface area contributed by atoms with Crippen molar-refractivity contribution in [3.63, 3.8) is 0 Å². The molecule has 1 aromatic heterocycles. The molecule has 4 rings (SSSR count). The van der Waals surface area contributed by atoms with E-state index < -0.39 is 0 Å². The Kier molecular flexibility index (Phi) is 5.75. The van der Waals surface area contributed by atoms with E-state index in [-0.39, 0.29) is 5.97 Å². The SMILES string of the molecule is CCOC(=O)c1c(N(C)Cc2ccccc2)nc2ccccc2c1-c1ccccc1. The molecule has 1 heterocycles. The molecule has 0 unspecified atom stereocenters. The van der Waals surface area contributed by atoms with Gasteiger partial charge in [-0.25, -0.2) is 9.78 Å². The van der Waals surface area contributed by atoms with E-state index in [0.29, 0.717) is 24.5 Å². The molecule has 0 aliphatic rings. The molecule has 150 valence electrons. The van der Waals surface area contributed by atoms with Gasteiger partial charge in [0.1, 0.15) is 11.4 Å². The standard InChI is InChI=1S/C26H24N2O2/c1-3-30-26(29)24-23(20-14-8-5-9-15-20)21-16-10-11-17-22(21)27-25(24)28(2)18-19-12-6-4-7-13-19/h4-17H,3,18H2,1-2H3. The average molecular weight is 396 g/mol. The van der Waals surface area contributed by atoms with E-state index >= 15 is 0 Å². The minimum absolute atomic E-state index is 0.307. The van der Waals surface area contributed by atoms with E-state index in [4.69, 9.17) is 9.72 Å². The number of ether oxygens (including phenoxy) is 1. The number of pyridine rings is 1. The maximum atomic E-state index is 13.2. The number of para-hydroxylation sites is 1. The molecule has 0 atom stereocenters. The Labute approximate surface area is 176 Å². The first-order chi connectivity index (χ1) is 14.7. The van der Waals surface area contributed by atoms with Crippen molar-refractivity contribution in [2.75, 3.05) is 18.6 Å². The topological polar surface area (TPSA) is 42.4 Å². The Hall–Kier alpha value is -3.66. The average Bonchev–Trinajstić information content (AvgIpc) is 2.79. The maximum Gasteiger partial charge on any atom is 0.342 e. The molecule has 4 aromatic rings. The minimum Gasteiger partial charge on any atom is -0.462 e. The van der Waals surface area contributed by atoms with Gasteiger partial charge in [-0.1, -0.05) is 78.9 Å². The summed E-state index contributed by atoms with van der Waals surface area (Å²) < 4.78 is 5.47. The highest BCUT2D eigenvalue weighted by atomic mass is 16.5. The zero-order valence-corrected chi connectivity index (χ0v) is 17.2. The molecule has 30 heavy (non-hydrogen) atoms. The third-order valence-corrected chi connectivity index (χ3v) is 5.04. The van der Waals surface area contributed by atoms with Crippen LogP contribution in [0.2, 0.25) is 0 Å². The van der Waals surface area contributed by atoms with Gasteiger partial charge in [0.15, 0.2) is 0 Å². The third-order valence-electron chi connectivity index (χ3n) is 5.04. The molecular formula is C26H24N2O2. The first-order valence-corrected chi connectivity index (χ1v) is 10.1. The fourth-order valence-electron chi connectivity index (χ4n) is 3.71. The quantitative estimate of drug-likeness (QED) is 0.391. The van der Waals surface area contributed by atoms with Crippen molar-refractivity contribution in [3.05, 3.63) is 96.1 Å². The van der Waals surface area contributed by atoms with Gasteiger partial charge < -0.3 is 9.64 Å². The number of fused-ring (bicyclic) bond motifs is 1. The van der Waals surface area contributed by atoms with Crippen molar-refractivity contribution in [3.8, 4) is 11.1 Å². The summed E-state index contributed by atoms with van der Waals surface area (Å²) in [6.07, 6.45) is 0. The molecule has 0 aliphatic carbocycles. The Balaban J connectivity index is 1.97. The highest BCUT2D eigenvalue weighted by Gasteiger charge is 2.25. The van der Waals surface area contributed by atoms with E-state index in [1.165, 1.54) is 0 Å². The molecule has 4 nitrogen and oxygen atoms in total. The van der Waals surface area contributed by atoms with E-state index in [1.807, 2.05) is 91.7 Å². The lowest BCUT2D eigenvalue weighted by molar-refractivity contribution is 0.0528. The van der Waals surface area contributed by atoms with Gasteiger partial charge in [0, 0.05) is 24.5 Å². The number of aromatic nitrogens is 1. The monoisotopic (exact) mass is 396 g/mol. The van der Waals surface area contributed by atoms with Crippen LogP contribution in [0.1, 0.15) is 22.8 Å². The fourth-order valence-corrected chi connectivity index (χ4v) is 3.71. The summed E-state index contributed by atoms with van der Waals surface area (Å²) in [5.41, 5.74) is 4.31. The second-order valence-electron chi connectivity index (χ2n) is 7.13. The molecule has 0 fully saturated rings. The van der Waals surface area contributed by atoms with Crippen molar-refractivity contribution in [2.45, 2.75) is 13.5 Å². The number of nitrogens with zero attached hydrogens (tertiary/aromatic N) is 2. The molecule has 3 aromatic carbocycles. The second kappa shape index (κ2) is 8.78. The first-order valence-electron chi connectivity index (χ1n) is 10.1. The molecule has 0 aliphatic heterocycles. The van der Waals surface area contributed by atoms with Crippen molar-refractivity contribution < 1.29 is 9.53 Å². The van der Waals surface area contributed by atoms with Crippen molar-refractivity contribution in [1.29, 1.82) is 0 Å². The molecule has 0 N–H and O–H groups in total. The van der Waals surface area contributed by atoms with E-state index in [9.17, 15) is 4.79 Å². The predicted octanol–water partition coefficient (Wildman–Crippen LogP) is 5.71. The van der Waals surface area contributed by atoms with Gasteiger partial charge in [-0.05, 0) is 24.1 Å². The summed E-state index contributed by atoms with van der Waals surface area (Å²) in [5.74, 6) is 0.263. The predicted molar refractivity (Wildman–Crippen MR) is 122 cm³/mol. The van der Waals surface area contributed by atoms with E-state index in [1.54, 1.807) is 0 Å². The highest BCUT2D eigenvalue weighted by Crippen LogP contribution is 2.37. The smallest absolute Gasteiger partial charge is 0.342 e. The second-order valence-corrected chi connectivity index (χ2v) is 7.13. The highest BCUT2D eigenvalue weighted by molar-refractivity contribution is 6.10. The molecule has 0 amide bonds. The Morgan fingerprint density at radius 1 is 0.900 bits per heavy atom. The molecule has 0 radical (unpaired) electrons. The van der Waals surface area contributed by atoms with Gasteiger partial charge in [0.2, 0.25) is 0 Å². The first kappa shape index (κ1) is 19.6. The summed E-state index contributed by atoms with van der Waals surface area (Å²) in [6, 6.07) is 28.1. The summed E-state index contributed by atoms with van der Waals surface area (Å²) in [7, 11) is 1.96. The van der Waals surface area contributed by atoms with E-state index in [2.05, 4.69) is 12.1 Å². The van der Waals surface area contributed by atoms with Crippen LogP contribution >= 0.6 is 0 Å². The number of carbonyl (C=O) groups is 1. The van der Waals surface area contributed by atoms with Crippen molar-refractivity contribution in [2.24, 2.45) is 0 Å². The molecule has 0 spiro atoms. The van der Waals surface area contributed by atoms with Gasteiger partial charge in [-0.2, -0.15) is 0 Å². The van der Waals surface area contributed by atoms with Crippen LogP contribution in [0, 0.1) is 0 Å². The van der Waals surface area contributed by atoms with Gasteiger partial charge in [0.05, 0.1) is 12.1 Å². The maximum absolute atomic E-state index is 13.2. The van der Waals surface area contributed by atoms with Crippen LogP contribution in [-0.4, -0.2) is 24.6 Å². The van der Waals surface area contributed by atoms with E-state index in [0.717, 1.165) is 27.6 Å². The normalized spacial score (nSPS) is 10.7. The zero-order chi connectivity index (χ0) is 20.9. The van der Waals surface area contributed by atoms with Crippen molar-refractivity contribution in [1.82, 2.24) is 4.98 Å². The summed E-state index contributed by atoms with van der Waals surface area (Å²) in [6.45, 7) is 2.76. The van der Waals surface area contributed by atoms with Gasteiger partial charge in [0.25, 0.3) is 0 Å². The minimum atomic E-state index is -0.357. The lowest BCUT2D eigenvalue weighted by Gasteiger charge is -2.24. The van der Waals surface area contributed by atoms with Gasteiger partial charge in [-0.15, -0.1) is 0 Å². The number of carbonyl (C=O) groups excluding carboxylic acids is 1. The van der Waals surface area contributed by atoms with Gasteiger partial charge >= 0.3 is 5.97 Å². The van der Waals surface area contributed by atoms with Crippen LogP contribution in [0.25, 0.3) is 22.0 Å². The van der Waals surface area contributed by atoms with Crippen LogP contribution in [0.5, 0.6) is 0 Å². The number of rotatable bonds is 6. The summed E-state index contributed by atoms with van der Waals surface area (Å²) in [5, 5.41) is 0.934.